The van der Waals surface area contributed by atoms with Crippen molar-refractivity contribution < 1.29 is 19.4 Å². The zero-order valence-corrected chi connectivity index (χ0v) is 10.1. The number of carboxylic acids is 1. The summed E-state index contributed by atoms with van der Waals surface area (Å²) in [5, 5.41) is 9.02. The van der Waals surface area contributed by atoms with E-state index in [2.05, 4.69) is 4.98 Å². The Morgan fingerprint density at radius 2 is 2.26 bits per heavy atom. The van der Waals surface area contributed by atoms with Crippen LogP contribution < -0.4 is 16.4 Å². The molecule has 1 saturated heterocycles. The van der Waals surface area contributed by atoms with E-state index in [4.69, 9.17) is 21.3 Å². The molecule has 1 atom stereocenters. The number of amides is 1. The molecule has 0 radical (unpaired) electrons. The quantitative estimate of drug-likeness (QED) is 0.642. The lowest BCUT2D eigenvalue weighted by atomic mass is 10.1. The summed E-state index contributed by atoms with van der Waals surface area (Å²) >= 11 is 0. The molecule has 8 heteroatoms. The normalized spacial score (nSPS) is 19.2. The molecule has 0 aromatic carbocycles. The number of pyridine rings is 1. The summed E-state index contributed by atoms with van der Waals surface area (Å²) in [6.45, 7) is 0.893. The molecule has 2 heterocycles. The Kier molecular flexibility index (Phi) is 3.52. The first kappa shape index (κ1) is 13.1. The van der Waals surface area contributed by atoms with Crippen molar-refractivity contribution in [1.29, 1.82) is 0 Å². The van der Waals surface area contributed by atoms with Crippen molar-refractivity contribution in [1.82, 2.24) is 4.98 Å². The van der Waals surface area contributed by atoms with Gasteiger partial charge >= 0.3 is 5.97 Å². The van der Waals surface area contributed by atoms with Gasteiger partial charge in [-0.3, -0.25) is 4.79 Å². The van der Waals surface area contributed by atoms with Crippen LogP contribution in [-0.2, 0) is 9.53 Å². The van der Waals surface area contributed by atoms with Gasteiger partial charge in [0.1, 0.15) is 6.04 Å². The summed E-state index contributed by atoms with van der Waals surface area (Å²) in [4.78, 5) is 28.0. The van der Waals surface area contributed by atoms with Gasteiger partial charge in [0, 0.05) is 12.7 Å². The smallest absolute Gasteiger partial charge is 0.337 e. The van der Waals surface area contributed by atoms with Crippen LogP contribution >= 0.6 is 0 Å². The molecule has 0 bridgehead atoms. The second-order valence-corrected chi connectivity index (χ2v) is 4.09. The first-order valence-electron chi connectivity index (χ1n) is 5.64. The second kappa shape index (κ2) is 5.11. The van der Waals surface area contributed by atoms with Crippen molar-refractivity contribution in [2.45, 2.75) is 6.04 Å². The van der Waals surface area contributed by atoms with Gasteiger partial charge < -0.3 is 26.2 Å². The molecule has 2 rings (SSSR count). The van der Waals surface area contributed by atoms with E-state index in [-0.39, 0.29) is 23.7 Å². The number of nitrogens with zero attached hydrogens (tertiary/aromatic N) is 2. The van der Waals surface area contributed by atoms with E-state index in [0.717, 1.165) is 0 Å². The lowest BCUT2D eigenvalue weighted by Crippen LogP contribution is -2.53. The molecule has 1 aromatic heterocycles. The molecule has 1 aliphatic heterocycles. The molecule has 1 aromatic rings. The standard InChI is InChI=1S/C11H14N4O4/c12-8-6(11(17)18)1-2-14-10(8)15-3-4-19-5-7(15)9(13)16/h1-2,7H,3-5,12H2,(H2,13,16)(H,17,18). The Balaban J connectivity index is 2.42. The predicted octanol–water partition coefficient (Wildman–Crippen LogP) is -0.947. The first-order valence-corrected chi connectivity index (χ1v) is 5.64. The Morgan fingerprint density at radius 3 is 2.89 bits per heavy atom. The van der Waals surface area contributed by atoms with Gasteiger partial charge in [-0.2, -0.15) is 0 Å². The molecule has 5 N–H and O–H groups in total. The van der Waals surface area contributed by atoms with Crippen LogP contribution in [0.1, 0.15) is 10.4 Å². The number of carbonyl (C=O) groups is 2. The van der Waals surface area contributed by atoms with Crippen LogP contribution in [-0.4, -0.2) is 47.8 Å². The zero-order chi connectivity index (χ0) is 14.0. The van der Waals surface area contributed by atoms with E-state index in [1.165, 1.54) is 12.3 Å². The van der Waals surface area contributed by atoms with E-state index < -0.39 is 17.9 Å². The second-order valence-electron chi connectivity index (χ2n) is 4.09. The molecular weight excluding hydrogens is 252 g/mol. The third-order valence-corrected chi connectivity index (χ3v) is 2.93. The molecule has 8 nitrogen and oxygen atoms in total. The summed E-state index contributed by atoms with van der Waals surface area (Å²) in [7, 11) is 0. The van der Waals surface area contributed by atoms with Crippen molar-refractivity contribution in [3.8, 4) is 0 Å². The van der Waals surface area contributed by atoms with Crippen LogP contribution in [0.5, 0.6) is 0 Å². The van der Waals surface area contributed by atoms with Gasteiger partial charge in [-0.25, -0.2) is 9.78 Å². The summed E-state index contributed by atoms with van der Waals surface area (Å²) in [5.41, 5.74) is 11.1. The van der Waals surface area contributed by atoms with Crippen LogP contribution in [0.3, 0.4) is 0 Å². The van der Waals surface area contributed by atoms with Crippen molar-refractivity contribution in [3.05, 3.63) is 17.8 Å². The zero-order valence-electron chi connectivity index (χ0n) is 10.1. The maximum absolute atomic E-state index is 11.4. The van der Waals surface area contributed by atoms with Gasteiger partial charge in [-0.05, 0) is 6.07 Å². The number of rotatable bonds is 3. The first-order chi connectivity index (χ1) is 9.02. The minimum Gasteiger partial charge on any atom is -0.478 e. The number of morpholine rings is 1. The summed E-state index contributed by atoms with van der Waals surface area (Å²) in [6.07, 6.45) is 1.34. The summed E-state index contributed by atoms with van der Waals surface area (Å²) in [5.74, 6) is -1.47. The molecule has 1 amide bonds. The number of anilines is 2. The Bertz CT molecular complexity index is 519. The highest BCUT2D eigenvalue weighted by Crippen LogP contribution is 2.26. The minimum atomic E-state index is -1.15. The number of primary amides is 1. The Morgan fingerprint density at radius 1 is 1.53 bits per heavy atom. The number of carboxylic acid groups (broad SMARTS) is 1. The fraction of sp³-hybridized carbons (Fsp3) is 0.364. The molecule has 0 aliphatic carbocycles. The molecule has 102 valence electrons. The Labute approximate surface area is 109 Å². The number of nitrogen functional groups attached to an aromatic ring is 1. The number of ether oxygens (including phenoxy) is 1. The van der Waals surface area contributed by atoms with Crippen LogP contribution in [0.2, 0.25) is 0 Å². The van der Waals surface area contributed by atoms with Gasteiger partial charge in [0.25, 0.3) is 0 Å². The van der Waals surface area contributed by atoms with E-state index in [1.54, 1.807) is 4.90 Å². The van der Waals surface area contributed by atoms with E-state index in [9.17, 15) is 9.59 Å². The fourth-order valence-corrected chi connectivity index (χ4v) is 1.97. The molecule has 1 unspecified atom stereocenters. The maximum atomic E-state index is 11.4. The number of aromatic nitrogens is 1. The van der Waals surface area contributed by atoms with Crippen molar-refractivity contribution in [2.24, 2.45) is 5.73 Å². The van der Waals surface area contributed by atoms with E-state index in [0.29, 0.717) is 13.2 Å². The summed E-state index contributed by atoms with van der Waals surface area (Å²) in [6, 6.07) is 0.605. The van der Waals surface area contributed by atoms with E-state index in [1.807, 2.05) is 0 Å². The summed E-state index contributed by atoms with van der Waals surface area (Å²) < 4.78 is 5.19. The van der Waals surface area contributed by atoms with Gasteiger partial charge in [-0.1, -0.05) is 0 Å². The number of hydrogen-bond acceptors (Lipinski definition) is 6. The van der Waals surface area contributed by atoms with Gasteiger partial charge in [0.15, 0.2) is 5.82 Å². The SMILES string of the molecule is NC(=O)C1COCCN1c1nccc(C(=O)O)c1N. The van der Waals surface area contributed by atoms with Crippen LogP contribution in [0.15, 0.2) is 12.3 Å². The fourth-order valence-electron chi connectivity index (χ4n) is 1.97. The third kappa shape index (κ3) is 2.43. The number of carbonyl (C=O) groups excluding carboxylic acids is 1. The highest BCUT2D eigenvalue weighted by Gasteiger charge is 2.30. The topological polar surface area (TPSA) is 132 Å². The Hall–Kier alpha value is -2.35. The molecule has 1 fully saturated rings. The molecule has 19 heavy (non-hydrogen) atoms. The average Bonchev–Trinajstić information content (AvgIpc) is 2.38. The monoisotopic (exact) mass is 266 g/mol. The largest absolute Gasteiger partial charge is 0.478 e. The van der Waals surface area contributed by atoms with Gasteiger partial charge in [-0.15, -0.1) is 0 Å². The molecule has 1 aliphatic rings. The van der Waals surface area contributed by atoms with Crippen LogP contribution in [0.4, 0.5) is 11.5 Å². The number of hydrogen-bond donors (Lipinski definition) is 3. The average molecular weight is 266 g/mol. The lowest BCUT2D eigenvalue weighted by Gasteiger charge is -2.35. The lowest BCUT2D eigenvalue weighted by molar-refractivity contribution is -0.121. The highest BCUT2D eigenvalue weighted by molar-refractivity contribution is 5.97. The number of nitrogens with two attached hydrogens (primary N) is 2. The maximum Gasteiger partial charge on any atom is 0.337 e. The van der Waals surface area contributed by atoms with Crippen molar-refractivity contribution in [3.63, 3.8) is 0 Å². The van der Waals surface area contributed by atoms with Crippen LogP contribution in [0.25, 0.3) is 0 Å². The third-order valence-electron chi connectivity index (χ3n) is 2.93. The van der Waals surface area contributed by atoms with Crippen LogP contribution in [0, 0.1) is 0 Å². The minimum absolute atomic E-state index is 0.0168. The number of aromatic carboxylic acids is 1. The predicted molar refractivity (Wildman–Crippen MR) is 66.8 cm³/mol. The highest BCUT2D eigenvalue weighted by atomic mass is 16.5. The molecular formula is C11H14N4O4. The van der Waals surface area contributed by atoms with Crippen molar-refractivity contribution >= 4 is 23.4 Å². The molecule has 0 saturated carbocycles. The van der Waals surface area contributed by atoms with Gasteiger partial charge in [0.05, 0.1) is 24.5 Å². The van der Waals surface area contributed by atoms with E-state index >= 15 is 0 Å². The molecule has 0 spiro atoms. The van der Waals surface area contributed by atoms with Gasteiger partial charge in [0.2, 0.25) is 5.91 Å². The van der Waals surface area contributed by atoms with Crippen molar-refractivity contribution in [2.75, 3.05) is 30.4 Å².